The minimum atomic E-state index is 0. The van der Waals surface area contributed by atoms with Gasteiger partial charge >= 0.3 is 0 Å². The zero-order valence-electron chi connectivity index (χ0n) is 13.6. The summed E-state index contributed by atoms with van der Waals surface area (Å²) in [5.74, 6) is 0.983. The maximum Gasteiger partial charge on any atom is 0.213 e. The molecule has 0 radical (unpaired) electrons. The third-order valence-corrected chi connectivity index (χ3v) is 3.60. The average Bonchev–Trinajstić information content (AvgIpc) is 2.58. The molecule has 0 spiro atoms. The molecular formula is C15H25ClIN5O2. The lowest BCUT2D eigenvalue weighted by atomic mass is 10.3. The number of aromatic nitrogens is 1. The van der Waals surface area contributed by atoms with Crippen molar-refractivity contribution in [3.8, 4) is 5.88 Å². The van der Waals surface area contributed by atoms with Crippen LogP contribution in [0, 0.1) is 0 Å². The molecule has 1 saturated heterocycles. The average molecular weight is 470 g/mol. The molecule has 24 heavy (non-hydrogen) atoms. The fourth-order valence-electron chi connectivity index (χ4n) is 2.16. The molecule has 2 heterocycles. The van der Waals surface area contributed by atoms with Crippen molar-refractivity contribution in [3.63, 3.8) is 0 Å². The van der Waals surface area contributed by atoms with Gasteiger partial charge in [-0.05, 0) is 12.5 Å². The summed E-state index contributed by atoms with van der Waals surface area (Å²) in [4.78, 5) is 10.7. The fourth-order valence-corrected chi connectivity index (χ4v) is 2.27. The molecule has 1 fully saturated rings. The van der Waals surface area contributed by atoms with Gasteiger partial charge in [0.05, 0.1) is 24.8 Å². The van der Waals surface area contributed by atoms with Crippen molar-refractivity contribution in [3.05, 3.63) is 23.4 Å². The lowest BCUT2D eigenvalue weighted by Gasteiger charge is -2.26. The maximum atomic E-state index is 5.81. The third kappa shape index (κ3) is 8.86. The number of aliphatic imine (C=N–C) groups is 1. The Morgan fingerprint density at radius 3 is 2.92 bits per heavy atom. The summed E-state index contributed by atoms with van der Waals surface area (Å²) in [7, 11) is 0. The fraction of sp³-hybridized carbons (Fsp3) is 0.600. The molecule has 0 amide bonds. The second-order valence-corrected chi connectivity index (χ2v) is 5.60. The molecule has 1 aromatic rings. The first-order valence-electron chi connectivity index (χ1n) is 7.82. The zero-order chi connectivity index (χ0) is 16.3. The van der Waals surface area contributed by atoms with Crippen molar-refractivity contribution in [2.45, 2.75) is 6.42 Å². The molecular weight excluding hydrogens is 445 g/mol. The molecule has 3 N–H and O–H groups in total. The molecule has 1 aliphatic heterocycles. The largest absolute Gasteiger partial charge is 0.476 e. The lowest BCUT2D eigenvalue weighted by molar-refractivity contribution is 0.0377. The summed E-state index contributed by atoms with van der Waals surface area (Å²) in [6.07, 6.45) is 2.54. The Morgan fingerprint density at radius 1 is 1.42 bits per heavy atom. The number of hydrogen-bond acceptors (Lipinski definition) is 5. The second-order valence-electron chi connectivity index (χ2n) is 5.16. The molecule has 9 heteroatoms. The van der Waals surface area contributed by atoms with Crippen molar-refractivity contribution in [1.29, 1.82) is 0 Å². The minimum absolute atomic E-state index is 0. The van der Waals surface area contributed by atoms with E-state index in [4.69, 9.17) is 26.8 Å². The van der Waals surface area contributed by atoms with Gasteiger partial charge in [-0.25, -0.2) is 4.98 Å². The molecule has 0 aliphatic carbocycles. The molecule has 1 aliphatic rings. The predicted octanol–water partition coefficient (Wildman–Crippen LogP) is 1.36. The maximum absolute atomic E-state index is 5.81. The number of nitrogens with two attached hydrogens (primary N) is 1. The summed E-state index contributed by atoms with van der Waals surface area (Å²) < 4.78 is 10.8. The van der Waals surface area contributed by atoms with E-state index in [1.54, 1.807) is 18.3 Å². The first kappa shape index (κ1) is 21.2. The number of ether oxygens (including phenoxy) is 2. The van der Waals surface area contributed by atoms with Gasteiger partial charge in [-0.1, -0.05) is 11.6 Å². The quantitative estimate of drug-likeness (QED) is 0.259. The van der Waals surface area contributed by atoms with Crippen LogP contribution in [0.5, 0.6) is 5.88 Å². The van der Waals surface area contributed by atoms with E-state index < -0.39 is 0 Å². The monoisotopic (exact) mass is 469 g/mol. The van der Waals surface area contributed by atoms with Crippen molar-refractivity contribution >= 4 is 41.5 Å². The molecule has 0 bridgehead atoms. The van der Waals surface area contributed by atoms with Crippen LogP contribution in [0.3, 0.4) is 0 Å². The molecule has 1 aromatic heterocycles. The van der Waals surface area contributed by atoms with Crippen LogP contribution in [0.2, 0.25) is 5.02 Å². The van der Waals surface area contributed by atoms with E-state index in [1.165, 1.54) is 0 Å². The lowest BCUT2D eigenvalue weighted by Crippen LogP contribution is -2.37. The molecule has 7 nitrogen and oxygen atoms in total. The predicted molar refractivity (Wildman–Crippen MR) is 107 cm³/mol. The highest BCUT2D eigenvalue weighted by Gasteiger charge is 2.08. The van der Waals surface area contributed by atoms with Crippen LogP contribution < -0.4 is 15.8 Å². The van der Waals surface area contributed by atoms with Crippen LogP contribution in [0.4, 0.5) is 0 Å². The summed E-state index contributed by atoms with van der Waals surface area (Å²) in [5.41, 5.74) is 5.81. The number of morpholine rings is 1. The van der Waals surface area contributed by atoms with Gasteiger partial charge < -0.3 is 20.5 Å². The highest BCUT2D eigenvalue weighted by atomic mass is 127. The van der Waals surface area contributed by atoms with Crippen molar-refractivity contribution in [2.75, 3.05) is 52.5 Å². The number of nitrogens with one attached hydrogen (secondary N) is 1. The molecule has 0 unspecified atom stereocenters. The Kier molecular flexibility index (Phi) is 11.1. The molecule has 0 saturated carbocycles. The van der Waals surface area contributed by atoms with Gasteiger partial charge in [0.2, 0.25) is 5.88 Å². The Morgan fingerprint density at radius 2 is 2.21 bits per heavy atom. The molecule has 2 rings (SSSR count). The van der Waals surface area contributed by atoms with Crippen molar-refractivity contribution in [1.82, 2.24) is 15.2 Å². The van der Waals surface area contributed by atoms with Crippen LogP contribution in [-0.2, 0) is 4.74 Å². The van der Waals surface area contributed by atoms with E-state index in [0.29, 0.717) is 30.0 Å². The SMILES string of the molecule is I.NC(=NCCCN1CCOCC1)NCCOc1ccc(Cl)cn1. The minimum Gasteiger partial charge on any atom is -0.476 e. The summed E-state index contributed by atoms with van der Waals surface area (Å²) in [6.45, 7) is 6.45. The molecule has 0 aromatic carbocycles. The van der Waals surface area contributed by atoms with E-state index in [0.717, 1.165) is 45.8 Å². The summed E-state index contributed by atoms with van der Waals surface area (Å²) in [5, 5.41) is 3.60. The van der Waals surface area contributed by atoms with Crippen LogP contribution in [0.1, 0.15) is 6.42 Å². The van der Waals surface area contributed by atoms with E-state index in [2.05, 4.69) is 20.2 Å². The summed E-state index contributed by atoms with van der Waals surface area (Å²) in [6, 6.07) is 3.47. The van der Waals surface area contributed by atoms with Gasteiger partial charge in [-0.3, -0.25) is 9.89 Å². The van der Waals surface area contributed by atoms with E-state index in [1.807, 2.05) is 0 Å². The van der Waals surface area contributed by atoms with Gasteiger partial charge in [0, 0.05) is 38.4 Å². The normalized spacial score (nSPS) is 15.6. The zero-order valence-corrected chi connectivity index (χ0v) is 16.7. The van der Waals surface area contributed by atoms with Crippen LogP contribution in [0.15, 0.2) is 23.3 Å². The first-order chi connectivity index (χ1) is 11.2. The van der Waals surface area contributed by atoms with Crippen LogP contribution >= 0.6 is 35.6 Å². The Labute approximate surface area is 165 Å². The second kappa shape index (κ2) is 12.5. The van der Waals surface area contributed by atoms with Gasteiger partial charge in [0.1, 0.15) is 6.61 Å². The van der Waals surface area contributed by atoms with Crippen LogP contribution in [0.25, 0.3) is 0 Å². The smallest absolute Gasteiger partial charge is 0.213 e. The number of rotatable bonds is 8. The van der Waals surface area contributed by atoms with Crippen molar-refractivity contribution < 1.29 is 9.47 Å². The molecule has 136 valence electrons. The Bertz CT molecular complexity index is 483. The highest BCUT2D eigenvalue weighted by Crippen LogP contribution is 2.10. The van der Waals surface area contributed by atoms with Crippen LogP contribution in [-0.4, -0.2) is 68.4 Å². The number of guanidine groups is 1. The Balaban J connectivity index is 0.00000288. The molecule has 0 atom stereocenters. The first-order valence-corrected chi connectivity index (χ1v) is 8.20. The van der Waals surface area contributed by atoms with E-state index >= 15 is 0 Å². The number of hydrogen-bond donors (Lipinski definition) is 2. The Hall–Kier alpha value is -0.840. The van der Waals surface area contributed by atoms with Gasteiger partial charge in [-0.2, -0.15) is 0 Å². The number of pyridine rings is 1. The van der Waals surface area contributed by atoms with E-state index in [9.17, 15) is 0 Å². The highest BCUT2D eigenvalue weighted by molar-refractivity contribution is 14.0. The van der Waals surface area contributed by atoms with Gasteiger partial charge in [-0.15, -0.1) is 24.0 Å². The van der Waals surface area contributed by atoms with Gasteiger partial charge in [0.25, 0.3) is 0 Å². The standard InChI is InChI=1S/C15H24ClN5O2.HI/c16-13-2-3-14(20-12-13)23-9-5-19-15(17)18-4-1-6-21-7-10-22-11-8-21;/h2-3,12H,1,4-11H2,(H3,17,18,19);1H. The van der Waals surface area contributed by atoms with Crippen molar-refractivity contribution in [2.24, 2.45) is 10.7 Å². The topological polar surface area (TPSA) is 85.0 Å². The van der Waals surface area contributed by atoms with Gasteiger partial charge in [0.15, 0.2) is 5.96 Å². The number of nitrogens with zero attached hydrogens (tertiary/aromatic N) is 3. The summed E-state index contributed by atoms with van der Waals surface area (Å²) >= 11 is 5.75. The van der Waals surface area contributed by atoms with E-state index in [-0.39, 0.29) is 24.0 Å². The number of halogens is 2. The third-order valence-electron chi connectivity index (χ3n) is 3.38.